The Morgan fingerprint density at radius 1 is 1.12 bits per heavy atom. The molecule has 1 aliphatic rings. The average Bonchev–Trinajstić information content (AvgIpc) is 2.98. The summed E-state index contributed by atoms with van der Waals surface area (Å²) in [6.45, 7) is 4.65. The topological polar surface area (TPSA) is 119 Å². The molecule has 0 amide bonds. The SMILES string of the molecule is CCc1nsc(N2CCCN(c3ccc([N+](=O)[O-])cc3[N+](=O)[O-])CC2)n1. The van der Waals surface area contributed by atoms with Crippen molar-refractivity contribution in [2.75, 3.05) is 36.0 Å². The smallest absolute Gasteiger partial charge is 0.299 e. The van der Waals surface area contributed by atoms with E-state index in [0.717, 1.165) is 36.4 Å². The molecule has 0 bridgehead atoms. The van der Waals surface area contributed by atoms with Crippen molar-refractivity contribution in [1.29, 1.82) is 0 Å². The molecule has 2 heterocycles. The summed E-state index contributed by atoms with van der Waals surface area (Å²) in [6.07, 6.45) is 1.58. The van der Waals surface area contributed by atoms with Crippen LogP contribution in [0.3, 0.4) is 0 Å². The zero-order chi connectivity index (χ0) is 18.7. The van der Waals surface area contributed by atoms with Gasteiger partial charge in [0.05, 0.1) is 15.9 Å². The Labute approximate surface area is 153 Å². The first-order valence-corrected chi connectivity index (χ1v) is 9.02. The summed E-state index contributed by atoms with van der Waals surface area (Å²) in [6, 6.07) is 3.80. The lowest BCUT2D eigenvalue weighted by Gasteiger charge is -2.23. The summed E-state index contributed by atoms with van der Waals surface area (Å²) in [4.78, 5) is 29.6. The molecule has 2 aromatic rings. The maximum Gasteiger partial charge on any atom is 0.299 e. The lowest BCUT2D eigenvalue weighted by Crippen LogP contribution is -2.31. The molecule has 26 heavy (non-hydrogen) atoms. The van der Waals surface area contributed by atoms with Crippen molar-refractivity contribution < 1.29 is 9.85 Å². The number of anilines is 2. The molecule has 0 N–H and O–H groups in total. The van der Waals surface area contributed by atoms with Crippen LogP contribution in [0.15, 0.2) is 18.2 Å². The van der Waals surface area contributed by atoms with Crippen LogP contribution in [0, 0.1) is 20.2 Å². The van der Waals surface area contributed by atoms with Gasteiger partial charge >= 0.3 is 0 Å². The van der Waals surface area contributed by atoms with Gasteiger partial charge in [0.15, 0.2) is 0 Å². The highest BCUT2D eigenvalue weighted by Crippen LogP contribution is 2.33. The number of non-ortho nitro benzene ring substituents is 1. The Morgan fingerprint density at radius 2 is 1.85 bits per heavy atom. The van der Waals surface area contributed by atoms with Crippen molar-refractivity contribution >= 4 is 33.7 Å². The highest BCUT2D eigenvalue weighted by Gasteiger charge is 2.26. The number of hydrogen-bond donors (Lipinski definition) is 0. The molecular formula is C15H18N6O4S. The first kappa shape index (κ1) is 18.0. The second kappa shape index (κ2) is 7.60. The van der Waals surface area contributed by atoms with Crippen LogP contribution in [0.1, 0.15) is 19.2 Å². The van der Waals surface area contributed by atoms with Crippen molar-refractivity contribution in [2.45, 2.75) is 19.8 Å². The van der Waals surface area contributed by atoms with Gasteiger partial charge < -0.3 is 9.80 Å². The molecule has 10 nitrogen and oxygen atoms in total. The van der Waals surface area contributed by atoms with E-state index in [1.54, 1.807) is 0 Å². The molecule has 3 rings (SSSR count). The molecule has 138 valence electrons. The van der Waals surface area contributed by atoms with E-state index in [2.05, 4.69) is 14.3 Å². The predicted octanol–water partition coefficient (Wildman–Crippen LogP) is 2.63. The van der Waals surface area contributed by atoms with Gasteiger partial charge in [0.2, 0.25) is 5.13 Å². The van der Waals surface area contributed by atoms with Gasteiger partial charge in [0.25, 0.3) is 11.4 Å². The number of nitro groups is 2. The maximum absolute atomic E-state index is 11.4. The zero-order valence-corrected chi connectivity index (χ0v) is 15.0. The first-order chi connectivity index (χ1) is 12.5. The number of benzene rings is 1. The van der Waals surface area contributed by atoms with Gasteiger partial charge in [-0.1, -0.05) is 6.92 Å². The number of aromatic nitrogens is 2. The first-order valence-electron chi connectivity index (χ1n) is 8.25. The molecule has 0 aliphatic carbocycles. The number of nitro benzene ring substituents is 2. The molecule has 1 fully saturated rings. The van der Waals surface area contributed by atoms with Crippen molar-refractivity contribution in [2.24, 2.45) is 0 Å². The molecule has 1 aromatic carbocycles. The molecule has 0 spiro atoms. The average molecular weight is 378 g/mol. The van der Waals surface area contributed by atoms with Crippen molar-refractivity contribution in [3.05, 3.63) is 44.3 Å². The van der Waals surface area contributed by atoms with Crippen LogP contribution < -0.4 is 9.80 Å². The number of rotatable bonds is 5. The second-order valence-electron chi connectivity index (χ2n) is 5.86. The highest BCUT2D eigenvalue weighted by atomic mass is 32.1. The van der Waals surface area contributed by atoms with E-state index in [0.29, 0.717) is 25.3 Å². The van der Waals surface area contributed by atoms with Crippen LogP contribution in [0.2, 0.25) is 0 Å². The van der Waals surface area contributed by atoms with Gasteiger partial charge in [0.1, 0.15) is 11.5 Å². The quantitative estimate of drug-likeness (QED) is 0.575. The number of hydrogen-bond acceptors (Lipinski definition) is 9. The van der Waals surface area contributed by atoms with Crippen molar-refractivity contribution in [1.82, 2.24) is 9.36 Å². The van der Waals surface area contributed by atoms with Crippen LogP contribution in [-0.4, -0.2) is 45.4 Å². The Kier molecular flexibility index (Phi) is 5.26. The van der Waals surface area contributed by atoms with Crippen molar-refractivity contribution in [3.8, 4) is 0 Å². The third-order valence-corrected chi connectivity index (χ3v) is 5.06. The maximum atomic E-state index is 11.4. The van der Waals surface area contributed by atoms with Crippen LogP contribution in [0.25, 0.3) is 0 Å². The fraction of sp³-hybridized carbons (Fsp3) is 0.467. The van der Waals surface area contributed by atoms with E-state index in [4.69, 9.17) is 0 Å². The molecule has 1 aromatic heterocycles. The summed E-state index contributed by atoms with van der Waals surface area (Å²) in [5.41, 5.74) is -0.108. The summed E-state index contributed by atoms with van der Waals surface area (Å²) in [5.74, 6) is 0.817. The predicted molar refractivity (Wildman–Crippen MR) is 98.1 cm³/mol. The van der Waals surface area contributed by atoms with E-state index in [9.17, 15) is 20.2 Å². The lowest BCUT2D eigenvalue weighted by atomic mass is 10.2. The van der Waals surface area contributed by atoms with Crippen LogP contribution in [0.5, 0.6) is 0 Å². The zero-order valence-electron chi connectivity index (χ0n) is 14.2. The summed E-state index contributed by atoms with van der Waals surface area (Å²) >= 11 is 1.36. The minimum Gasteiger partial charge on any atom is -0.364 e. The lowest BCUT2D eigenvalue weighted by molar-refractivity contribution is -0.393. The summed E-state index contributed by atoms with van der Waals surface area (Å²) in [5, 5.41) is 23.1. The fourth-order valence-corrected chi connectivity index (χ4v) is 3.71. The minimum absolute atomic E-state index is 0.239. The Morgan fingerprint density at radius 3 is 2.50 bits per heavy atom. The van der Waals surface area contributed by atoms with Crippen molar-refractivity contribution in [3.63, 3.8) is 0 Å². The minimum atomic E-state index is -0.623. The second-order valence-corrected chi connectivity index (χ2v) is 6.59. The molecular weight excluding hydrogens is 360 g/mol. The summed E-state index contributed by atoms with van der Waals surface area (Å²) < 4.78 is 4.30. The van der Waals surface area contributed by atoms with Crippen LogP contribution >= 0.6 is 11.5 Å². The van der Waals surface area contributed by atoms with Gasteiger partial charge in [-0.05, 0) is 12.5 Å². The van der Waals surface area contributed by atoms with E-state index in [1.165, 1.54) is 23.7 Å². The monoisotopic (exact) mass is 378 g/mol. The fourth-order valence-electron chi connectivity index (χ4n) is 2.91. The molecule has 0 saturated carbocycles. The largest absolute Gasteiger partial charge is 0.364 e. The third-order valence-electron chi connectivity index (χ3n) is 4.25. The molecule has 1 aliphatic heterocycles. The van der Waals surface area contributed by atoms with E-state index in [1.807, 2.05) is 11.8 Å². The third kappa shape index (κ3) is 3.72. The molecule has 0 atom stereocenters. The summed E-state index contributed by atoms with van der Waals surface area (Å²) in [7, 11) is 0. The number of aryl methyl sites for hydroxylation is 1. The molecule has 0 radical (unpaired) electrons. The van der Waals surface area contributed by atoms with Crippen LogP contribution in [-0.2, 0) is 6.42 Å². The van der Waals surface area contributed by atoms with Crippen LogP contribution in [0.4, 0.5) is 22.2 Å². The highest BCUT2D eigenvalue weighted by molar-refractivity contribution is 7.09. The van der Waals surface area contributed by atoms with Gasteiger partial charge in [-0.15, -0.1) is 0 Å². The Hall–Kier alpha value is -2.82. The molecule has 11 heteroatoms. The van der Waals surface area contributed by atoms with Gasteiger partial charge in [-0.2, -0.15) is 4.37 Å². The van der Waals surface area contributed by atoms with E-state index >= 15 is 0 Å². The van der Waals surface area contributed by atoms with E-state index < -0.39 is 9.85 Å². The standard InChI is InChI=1S/C15H18N6O4S/c1-2-14-16-15(26-17-14)19-7-3-6-18(8-9-19)12-5-4-11(20(22)23)10-13(12)21(24)25/h4-5,10H,2-3,6-9H2,1H3. The molecule has 1 saturated heterocycles. The van der Waals surface area contributed by atoms with E-state index in [-0.39, 0.29) is 11.4 Å². The Balaban J connectivity index is 1.80. The normalized spacial score (nSPS) is 15.0. The number of nitrogens with zero attached hydrogens (tertiary/aromatic N) is 6. The Bertz CT molecular complexity index is 826. The van der Waals surface area contributed by atoms with Gasteiger partial charge in [-0.25, -0.2) is 4.98 Å². The van der Waals surface area contributed by atoms with Gasteiger partial charge in [0, 0.05) is 50.2 Å². The molecule has 0 unspecified atom stereocenters. The van der Waals surface area contributed by atoms with Gasteiger partial charge in [-0.3, -0.25) is 20.2 Å².